The lowest BCUT2D eigenvalue weighted by atomic mass is 9.95. The molecular formula is C23H33NO5Si. The molecule has 1 fully saturated rings. The van der Waals surface area contributed by atoms with Crippen molar-refractivity contribution in [1.82, 2.24) is 4.57 Å². The molecule has 1 saturated heterocycles. The van der Waals surface area contributed by atoms with Crippen molar-refractivity contribution >= 4 is 8.32 Å². The molecule has 0 saturated carbocycles. The van der Waals surface area contributed by atoms with Gasteiger partial charge in [-0.25, -0.2) is 0 Å². The van der Waals surface area contributed by atoms with Crippen LogP contribution in [-0.4, -0.2) is 48.7 Å². The minimum atomic E-state index is -2.39. The van der Waals surface area contributed by atoms with Crippen molar-refractivity contribution in [3.05, 3.63) is 58.5 Å². The van der Waals surface area contributed by atoms with Crippen LogP contribution in [0.3, 0.4) is 0 Å². The fraction of sp³-hybridized carbons (Fsp3) is 0.522. The number of ether oxygens (including phenoxy) is 2. The Hall–Kier alpha value is -1.93. The maximum Gasteiger partial charge on any atom is 0.297 e. The summed E-state index contributed by atoms with van der Waals surface area (Å²) in [7, 11) is -0.898. The quantitative estimate of drug-likeness (QED) is 0.628. The van der Waals surface area contributed by atoms with Gasteiger partial charge in [-0.1, -0.05) is 19.1 Å². The molecule has 1 aromatic carbocycles. The minimum absolute atomic E-state index is 0.0497. The molecule has 0 unspecified atom stereocenters. The van der Waals surface area contributed by atoms with Crippen molar-refractivity contribution in [3.63, 3.8) is 0 Å². The largest absolute Gasteiger partial charge is 0.491 e. The minimum Gasteiger partial charge on any atom is -0.491 e. The predicted molar refractivity (Wildman–Crippen MR) is 120 cm³/mol. The molecule has 0 radical (unpaired) electrons. The van der Waals surface area contributed by atoms with Crippen LogP contribution in [0.2, 0.25) is 18.6 Å². The molecule has 1 aliphatic heterocycles. The lowest BCUT2D eigenvalue weighted by Crippen LogP contribution is -2.40. The zero-order valence-electron chi connectivity index (χ0n) is 18.2. The predicted octanol–water partition coefficient (Wildman–Crippen LogP) is 3.13. The Balaban J connectivity index is 1.74. The van der Waals surface area contributed by atoms with Crippen LogP contribution in [0.15, 0.2) is 47.4 Å². The summed E-state index contributed by atoms with van der Waals surface area (Å²) in [4.78, 5) is 23.3. The van der Waals surface area contributed by atoms with Gasteiger partial charge in [-0.3, -0.25) is 9.36 Å². The van der Waals surface area contributed by atoms with Gasteiger partial charge >= 0.3 is 0 Å². The Labute approximate surface area is 179 Å². The van der Waals surface area contributed by atoms with Gasteiger partial charge in [0, 0.05) is 24.0 Å². The van der Waals surface area contributed by atoms with E-state index in [1.54, 1.807) is 22.9 Å². The molecule has 1 aliphatic rings. The zero-order chi connectivity index (χ0) is 21.9. The zero-order valence-corrected chi connectivity index (χ0v) is 19.2. The summed E-state index contributed by atoms with van der Waals surface area (Å²) in [5.74, 6) is 0.560. The molecule has 3 rings (SSSR count). The Kier molecular flexibility index (Phi) is 7.18. The van der Waals surface area contributed by atoms with Crippen LogP contribution in [0.25, 0.3) is 5.69 Å². The number of pyridine rings is 1. The van der Waals surface area contributed by atoms with E-state index >= 15 is 0 Å². The van der Waals surface area contributed by atoms with Crippen LogP contribution in [0.4, 0.5) is 0 Å². The molecule has 2 N–H and O–H groups in total. The third-order valence-electron chi connectivity index (χ3n) is 6.17. The van der Waals surface area contributed by atoms with Crippen molar-refractivity contribution in [2.45, 2.75) is 57.0 Å². The maximum atomic E-state index is 12.5. The number of aryl methyl sites for hydroxylation is 1. The number of methoxy groups -OCH3 is 1. The fourth-order valence-corrected chi connectivity index (χ4v) is 7.47. The summed E-state index contributed by atoms with van der Waals surface area (Å²) in [6.45, 7) is 6.14. The van der Waals surface area contributed by atoms with Gasteiger partial charge in [-0.15, -0.1) is 0 Å². The summed E-state index contributed by atoms with van der Waals surface area (Å²) in [6, 6.07) is 11.4. The summed E-state index contributed by atoms with van der Waals surface area (Å²) < 4.78 is 13.0. The van der Waals surface area contributed by atoms with Gasteiger partial charge in [0.1, 0.15) is 0 Å². The van der Waals surface area contributed by atoms with Crippen molar-refractivity contribution in [1.29, 1.82) is 0 Å². The van der Waals surface area contributed by atoms with E-state index in [9.17, 15) is 14.7 Å². The van der Waals surface area contributed by atoms with Crippen LogP contribution in [0, 0.1) is 5.92 Å². The lowest BCUT2D eigenvalue weighted by Gasteiger charge is -2.30. The second-order valence-corrected chi connectivity index (χ2v) is 12.7. The highest BCUT2D eigenvalue weighted by Gasteiger charge is 2.49. The monoisotopic (exact) mass is 431 g/mol. The number of benzene rings is 1. The third kappa shape index (κ3) is 4.86. The first-order valence-electron chi connectivity index (χ1n) is 10.6. The summed E-state index contributed by atoms with van der Waals surface area (Å²) in [5.41, 5.74) is 1.86. The molecule has 0 aliphatic carbocycles. The van der Waals surface area contributed by atoms with Gasteiger partial charge in [0.05, 0.1) is 19.3 Å². The van der Waals surface area contributed by atoms with Crippen molar-refractivity contribution in [3.8, 4) is 11.4 Å². The number of aliphatic hydroxyl groups is 1. The van der Waals surface area contributed by atoms with Crippen molar-refractivity contribution in [2.75, 3.05) is 13.7 Å². The number of aliphatic hydroxyl groups excluding tert-OH is 1. The summed E-state index contributed by atoms with van der Waals surface area (Å²) >= 11 is 0. The number of hydrogen-bond donors (Lipinski definition) is 2. The number of hydrogen-bond acceptors (Lipinski definition) is 5. The summed E-state index contributed by atoms with van der Waals surface area (Å²) in [6.07, 6.45) is 3.92. The lowest BCUT2D eigenvalue weighted by molar-refractivity contribution is 0.0192. The fourth-order valence-electron chi connectivity index (χ4n) is 4.81. The van der Waals surface area contributed by atoms with Crippen LogP contribution in [0.1, 0.15) is 25.3 Å². The standard InChI is InChI=1S/C23H33NO5Si/c1-16-19(29-20(12-14-25)22(16)30(3,4)27)11-10-17-7-5-8-18(15-17)24-13-6-9-21(28-2)23(24)26/h5-9,13,15-16,19-20,22,25,27H,10-12,14H2,1-4H3/t16-,19+,20-,22+/m1/s1. The van der Waals surface area contributed by atoms with Gasteiger partial charge < -0.3 is 19.4 Å². The maximum absolute atomic E-state index is 12.5. The molecule has 7 heteroatoms. The molecule has 0 amide bonds. The van der Waals surface area contributed by atoms with Crippen molar-refractivity contribution < 1.29 is 19.4 Å². The Morgan fingerprint density at radius 3 is 2.60 bits per heavy atom. The van der Waals surface area contributed by atoms with E-state index in [4.69, 9.17) is 9.47 Å². The van der Waals surface area contributed by atoms with Gasteiger partial charge in [-0.05, 0) is 68.1 Å². The van der Waals surface area contributed by atoms with E-state index < -0.39 is 8.32 Å². The number of rotatable bonds is 8. The van der Waals surface area contributed by atoms with E-state index in [2.05, 4.69) is 13.0 Å². The van der Waals surface area contributed by atoms with E-state index in [1.807, 2.05) is 31.3 Å². The molecule has 0 spiro atoms. The number of aromatic nitrogens is 1. The highest BCUT2D eigenvalue weighted by molar-refractivity contribution is 6.71. The molecule has 30 heavy (non-hydrogen) atoms. The molecular weight excluding hydrogens is 398 g/mol. The van der Waals surface area contributed by atoms with Gasteiger partial charge in [0.25, 0.3) is 5.56 Å². The van der Waals surface area contributed by atoms with Crippen molar-refractivity contribution in [2.24, 2.45) is 5.92 Å². The van der Waals surface area contributed by atoms with E-state index in [0.717, 1.165) is 24.1 Å². The number of nitrogens with zero attached hydrogens (tertiary/aromatic N) is 1. The van der Waals surface area contributed by atoms with Gasteiger partial charge in [0.2, 0.25) is 0 Å². The van der Waals surface area contributed by atoms with E-state index in [1.165, 1.54) is 7.11 Å². The Bertz CT molecular complexity index is 907. The highest BCUT2D eigenvalue weighted by Crippen LogP contribution is 2.45. The summed E-state index contributed by atoms with van der Waals surface area (Å²) in [5, 5.41) is 9.41. The second-order valence-electron chi connectivity index (χ2n) is 8.72. The molecule has 0 bridgehead atoms. The van der Waals surface area contributed by atoms with Gasteiger partial charge in [0.15, 0.2) is 14.1 Å². The van der Waals surface area contributed by atoms with Crippen LogP contribution in [-0.2, 0) is 11.2 Å². The third-order valence-corrected chi connectivity index (χ3v) is 8.70. The Morgan fingerprint density at radius 1 is 1.17 bits per heavy atom. The average Bonchev–Trinajstić information content (AvgIpc) is 3.02. The molecule has 164 valence electrons. The first-order valence-corrected chi connectivity index (χ1v) is 13.6. The normalized spacial score (nSPS) is 24.2. The SMILES string of the molecule is COc1cccn(-c2cccc(CC[C@@H]3O[C@H](CCO)[C@@H]([Si](C)(C)O)[C@@H]3C)c2)c1=O. The molecule has 2 aromatic rings. The molecule has 2 heterocycles. The average molecular weight is 432 g/mol. The van der Waals surface area contributed by atoms with Crippen LogP contribution < -0.4 is 10.3 Å². The van der Waals surface area contributed by atoms with E-state index in [-0.39, 0.29) is 35.8 Å². The molecule has 4 atom stereocenters. The second kappa shape index (κ2) is 9.47. The topological polar surface area (TPSA) is 80.9 Å². The highest BCUT2D eigenvalue weighted by atomic mass is 28.4. The van der Waals surface area contributed by atoms with Gasteiger partial charge in [-0.2, -0.15) is 0 Å². The molecule has 6 nitrogen and oxygen atoms in total. The van der Waals surface area contributed by atoms with Crippen LogP contribution >= 0.6 is 0 Å². The smallest absolute Gasteiger partial charge is 0.297 e. The first kappa shape index (κ1) is 22.7. The van der Waals surface area contributed by atoms with Crippen LogP contribution in [0.5, 0.6) is 5.75 Å². The van der Waals surface area contributed by atoms with E-state index in [0.29, 0.717) is 12.2 Å². The Morgan fingerprint density at radius 2 is 1.93 bits per heavy atom. The first-order chi connectivity index (χ1) is 14.3. The molecule has 1 aromatic heterocycles.